The van der Waals surface area contributed by atoms with Gasteiger partial charge in [0.2, 0.25) is 0 Å². The maximum Gasteiger partial charge on any atom is 0.260 e. The second-order valence-corrected chi connectivity index (χ2v) is 5.16. The van der Waals surface area contributed by atoms with E-state index in [0.717, 1.165) is 25.1 Å². The lowest BCUT2D eigenvalue weighted by atomic mass is 10.2. The molecule has 0 aliphatic rings. The molecule has 0 radical (unpaired) electrons. The van der Waals surface area contributed by atoms with E-state index in [9.17, 15) is 4.79 Å². The summed E-state index contributed by atoms with van der Waals surface area (Å²) < 4.78 is 1.81. The first kappa shape index (κ1) is 12.8. The van der Waals surface area contributed by atoms with E-state index in [0.29, 0.717) is 16.4 Å². The zero-order valence-corrected chi connectivity index (χ0v) is 11.5. The van der Waals surface area contributed by atoms with Crippen LogP contribution >= 0.6 is 11.3 Å². The maximum atomic E-state index is 12.4. The number of aryl methyl sites for hydroxylation is 1. The molecule has 5 heteroatoms. The van der Waals surface area contributed by atoms with Crippen LogP contribution < -0.4 is 11.3 Å². The van der Waals surface area contributed by atoms with Gasteiger partial charge in [-0.15, -0.1) is 11.3 Å². The lowest BCUT2D eigenvalue weighted by Gasteiger charge is -2.10. The van der Waals surface area contributed by atoms with E-state index < -0.39 is 0 Å². The van der Waals surface area contributed by atoms with Gasteiger partial charge in [0.25, 0.3) is 5.56 Å². The Kier molecular flexibility index (Phi) is 3.81. The Bertz CT molecular complexity index is 601. The van der Waals surface area contributed by atoms with E-state index >= 15 is 0 Å². The zero-order chi connectivity index (χ0) is 13.1. The highest BCUT2D eigenvalue weighted by Crippen LogP contribution is 2.20. The van der Waals surface area contributed by atoms with Gasteiger partial charge in [0.05, 0.1) is 11.3 Å². The predicted octanol–water partition coefficient (Wildman–Crippen LogP) is 2.66. The van der Waals surface area contributed by atoms with Crippen molar-refractivity contribution in [2.75, 3.05) is 5.73 Å². The molecule has 2 heterocycles. The Hall–Kier alpha value is -1.62. The summed E-state index contributed by atoms with van der Waals surface area (Å²) in [7, 11) is 0. The molecule has 0 aromatic carbocycles. The van der Waals surface area contributed by atoms with E-state index in [2.05, 4.69) is 11.9 Å². The molecule has 0 aliphatic heterocycles. The standard InChI is InChI=1S/C13H17N3OS/c1-3-4-7-16-9(2)5-6-10(12(16)17)11-8-18-13(14)15-11/h5-6,8H,3-4,7H2,1-2H3,(H2,14,15). The minimum atomic E-state index is 0.0220. The topological polar surface area (TPSA) is 60.9 Å². The van der Waals surface area contributed by atoms with E-state index in [4.69, 9.17) is 5.73 Å². The molecule has 0 spiro atoms. The number of rotatable bonds is 4. The van der Waals surface area contributed by atoms with Crippen LogP contribution in [-0.2, 0) is 6.54 Å². The lowest BCUT2D eigenvalue weighted by Crippen LogP contribution is -2.23. The van der Waals surface area contributed by atoms with Gasteiger partial charge in [-0.1, -0.05) is 13.3 Å². The Labute approximate surface area is 110 Å². The van der Waals surface area contributed by atoms with Crippen LogP contribution in [0.5, 0.6) is 0 Å². The molecule has 96 valence electrons. The summed E-state index contributed by atoms with van der Waals surface area (Å²) in [6, 6.07) is 3.79. The summed E-state index contributed by atoms with van der Waals surface area (Å²) >= 11 is 1.35. The maximum absolute atomic E-state index is 12.4. The normalized spacial score (nSPS) is 10.8. The van der Waals surface area contributed by atoms with Crippen molar-refractivity contribution in [2.45, 2.75) is 33.2 Å². The van der Waals surface area contributed by atoms with Crippen LogP contribution in [0.25, 0.3) is 11.3 Å². The third-order valence-corrected chi connectivity index (χ3v) is 3.60. The highest BCUT2D eigenvalue weighted by atomic mass is 32.1. The molecule has 2 aromatic heterocycles. The van der Waals surface area contributed by atoms with Crippen molar-refractivity contribution in [2.24, 2.45) is 0 Å². The summed E-state index contributed by atoms with van der Waals surface area (Å²) in [4.78, 5) is 16.6. The Balaban J connectivity index is 2.47. The number of nitrogens with two attached hydrogens (primary N) is 1. The van der Waals surface area contributed by atoms with Gasteiger partial charge in [0.1, 0.15) is 0 Å². The molecular formula is C13H17N3OS. The van der Waals surface area contributed by atoms with E-state index in [1.54, 1.807) is 0 Å². The van der Waals surface area contributed by atoms with Crippen LogP contribution in [0.4, 0.5) is 5.13 Å². The predicted molar refractivity (Wildman–Crippen MR) is 75.9 cm³/mol. The lowest BCUT2D eigenvalue weighted by molar-refractivity contribution is 0.600. The molecule has 0 saturated heterocycles. The largest absolute Gasteiger partial charge is 0.375 e. The van der Waals surface area contributed by atoms with Crippen LogP contribution in [0, 0.1) is 6.92 Å². The van der Waals surface area contributed by atoms with Gasteiger partial charge in [-0.3, -0.25) is 4.79 Å². The fraction of sp³-hybridized carbons (Fsp3) is 0.385. The number of hydrogen-bond acceptors (Lipinski definition) is 4. The molecule has 0 atom stereocenters. The number of pyridine rings is 1. The highest BCUT2D eigenvalue weighted by Gasteiger charge is 2.10. The van der Waals surface area contributed by atoms with Gasteiger partial charge >= 0.3 is 0 Å². The minimum absolute atomic E-state index is 0.0220. The number of anilines is 1. The van der Waals surface area contributed by atoms with E-state index in [1.165, 1.54) is 11.3 Å². The summed E-state index contributed by atoms with van der Waals surface area (Å²) in [5.41, 5.74) is 7.92. The van der Waals surface area contributed by atoms with Gasteiger partial charge < -0.3 is 10.3 Å². The third kappa shape index (κ3) is 2.46. The van der Waals surface area contributed by atoms with Crippen LogP contribution in [0.3, 0.4) is 0 Å². The van der Waals surface area contributed by atoms with Crippen molar-refractivity contribution in [1.82, 2.24) is 9.55 Å². The van der Waals surface area contributed by atoms with Crippen LogP contribution in [0.2, 0.25) is 0 Å². The zero-order valence-electron chi connectivity index (χ0n) is 10.6. The van der Waals surface area contributed by atoms with Gasteiger partial charge in [0, 0.05) is 17.6 Å². The number of unbranched alkanes of at least 4 members (excludes halogenated alkanes) is 1. The van der Waals surface area contributed by atoms with Crippen LogP contribution in [0.1, 0.15) is 25.5 Å². The van der Waals surface area contributed by atoms with Crippen molar-refractivity contribution in [3.05, 3.63) is 33.6 Å². The Morgan fingerprint density at radius 1 is 1.44 bits per heavy atom. The molecule has 0 bridgehead atoms. The molecule has 0 amide bonds. The molecule has 0 unspecified atom stereocenters. The van der Waals surface area contributed by atoms with Gasteiger partial charge in [-0.2, -0.15) is 0 Å². The minimum Gasteiger partial charge on any atom is -0.375 e. The molecule has 0 fully saturated rings. The van der Waals surface area contributed by atoms with Crippen molar-refractivity contribution in [3.63, 3.8) is 0 Å². The summed E-state index contributed by atoms with van der Waals surface area (Å²) in [5.74, 6) is 0. The second-order valence-electron chi connectivity index (χ2n) is 4.27. The van der Waals surface area contributed by atoms with E-state index in [1.807, 2.05) is 29.0 Å². The second kappa shape index (κ2) is 5.35. The van der Waals surface area contributed by atoms with Gasteiger partial charge in [0.15, 0.2) is 5.13 Å². The Morgan fingerprint density at radius 2 is 2.22 bits per heavy atom. The number of nitrogen functional groups attached to an aromatic ring is 1. The van der Waals surface area contributed by atoms with Gasteiger partial charge in [-0.25, -0.2) is 4.98 Å². The number of thiazole rings is 1. The van der Waals surface area contributed by atoms with Crippen molar-refractivity contribution < 1.29 is 0 Å². The summed E-state index contributed by atoms with van der Waals surface area (Å²) in [6.45, 7) is 4.83. The van der Waals surface area contributed by atoms with E-state index in [-0.39, 0.29) is 5.56 Å². The first-order valence-electron chi connectivity index (χ1n) is 6.05. The number of nitrogens with zero attached hydrogens (tertiary/aromatic N) is 2. The first-order chi connectivity index (χ1) is 8.63. The molecule has 2 rings (SSSR count). The molecule has 2 aromatic rings. The van der Waals surface area contributed by atoms with Crippen molar-refractivity contribution in [1.29, 1.82) is 0 Å². The molecule has 4 nitrogen and oxygen atoms in total. The average Bonchev–Trinajstić information content (AvgIpc) is 2.76. The smallest absolute Gasteiger partial charge is 0.260 e. The van der Waals surface area contributed by atoms with Crippen LogP contribution in [-0.4, -0.2) is 9.55 Å². The average molecular weight is 263 g/mol. The molecular weight excluding hydrogens is 246 g/mol. The van der Waals surface area contributed by atoms with Crippen molar-refractivity contribution in [3.8, 4) is 11.3 Å². The number of aromatic nitrogens is 2. The fourth-order valence-electron chi connectivity index (χ4n) is 1.87. The number of hydrogen-bond donors (Lipinski definition) is 1. The molecule has 0 aliphatic carbocycles. The molecule has 0 saturated carbocycles. The quantitative estimate of drug-likeness (QED) is 0.922. The SMILES string of the molecule is CCCCn1c(C)ccc(-c2csc(N)n2)c1=O. The van der Waals surface area contributed by atoms with Crippen molar-refractivity contribution >= 4 is 16.5 Å². The monoisotopic (exact) mass is 263 g/mol. The fourth-order valence-corrected chi connectivity index (χ4v) is 2.43. The highest BCUT2D eigenvalue weighted by molar-refractivity contribution is 7.13. The Morgan fingerprint density at radius 3 is 2.83 bits per heavy atom. The molecule has 18 heavy (non-hydrogen) atoms. The summed E-state index contributed by atoms with van der Waals surface area (Å²) in [6.07, 6.45) is 2.07. The van der Waals surface area contributed by atoms with Crippen LogP contribution in [0.15, 0.2) is 22.3 Å². The first-order valence-corrected chi connectivity index (χ1v) is 6.93. The summed E-state index contributed by atoms with van der Waals surface area (Å²) in [5, 5.41) is 2.32. The van der Waals surface area contributed by atoms with Gasteiger partial charge in [-0.05, 0) is 25.5 Å². The third-order valence-electron chi connectivity index (χ3n) is 2.93. The molecule has 2 N–H and O–H groups in total.